The fraction of sp³-hybridized carbons (Fsp3) is 0.0455. The zero-order valence-corrected chi connectivity index (χ0v) is 18.4. The summed E-state index contributed by atoms with van der Waals surface area (Å²) in [4.78, 5) is 12.5. The highest BCUT2D eigenvalue weighted by Gasteiger charge is 2.42. The maximum Gasteiger partial charge on any atom is 0.354 e. The fourth-order valence-corrected chi connectivity index (χ4v) is 5.93. The maximum absolute atomic E-state index is 13.6. The molecule has 0 amide bonds. The van der Waals surface area contributed by atoms with Crippen molar-refractivity contribution in [2.45, 2.75) is 4.90 Å². The Labute approximate surface area is 193 Å². The molecule has 2 heterocycles. The van der Waals surface area contributed by atoms with Gasteiger partial charge < -0.3 is 14.6 Å². The fourth-order valence-electron chi connectivity index (χ4n) is 3.78. The third kappa shape index (κ3) is 3.02. The van der Waals surface area contributed by atoms with Crippen molar-refractivity contribution in [2.24, 2.45) is 0 Å². The molecule has 0 aromatic heterocycles. The summed E-state index contributed by atoms with van der Waals surface area (Å²) < 4.78 is 38.8. The minimum absolute atomic E-state index is 0.0405. The first-order chi connectivity index (χ1) is 15.3. The topological polar surface area (TPSA) is 93.1 Å². The van der Waals surface area contributed by atoms with Crippen LogP contribution in [0.2, 0.25) is 10.0 Å². The van der Waals surface area contributed by atoms with Crippen LogP contribution in [0.1, 0.15) is 11.1 Å². The zero-order valence-electron chi connectivity index (χ0n) is 16.1. The molecule has 0 atom stereocenters. The van der Waals surface area contributed by atoms with Gasteiger partial charge in [-0.3, -0.25) is 0 Å². The molecule has 32 heavy (non-hydrogen) atoms. The molecule has 0 spiro atoms. The van der Waals surface area contributed by atoms with E-state index in [0.29, 0.717) is 17.1 Å². The van der Waals surface area contributed by atoms with Crippen molar-refractivity contribution >= 4 is 50.5 Å². The molecule has 0 saturated carbocycles. The Morgan fingerprint density at radius 3 is 2.50 bits per heavy atom. The van der Waals surface area contributed by atoms with Gasteiger partial charge in [0.15, 0.2) is 17.2 Å². The van der Waals surface area contributed by atoms with E-state index in [2.05, 4.69) is 0 Å². The number of carbonyl (C=O) groups is 1. The molecule has 2 aliphatic rings. The summed E-state index contributed by atoms with van der Waals surface area (Å²) in [6.45, 7) is 0.0405. The monoisotopic (exact) mass is 489 g/mol. The Bertz CT molecular complexity index is 1430. The van der Waals surface area contributed by atoms with Gasteiger partial charge in [-0.25, -0.2) is 17.5 Å². The highest BCUT2D eigenvalue weighted by molar-refractivity contribution is 7.93. The third-order valence-electron chi connectivity index (χ3n) is 5.13. The third-order valence-corrected chi connectivity index (χ3v) is 7.71. The van der Waals surface area contributed by atoms with E-state index in [1.165, 1.54) is 24.3 Å². The van der Waals surface area contributed by atoms with Gasteiger partial charge in [0.05, 0.1) is 20.6 Å². The number of hydrogen-bond acceptors (Lipinski definition) is 5. The average Bonchev–Trinajstić information content (AvgIpc) is 3.23. The number of hydrogen-bond donors (Lipinski definition) is 1. The van der Waals surface area contributed by atoms with Crippen molar-refractivity contribution in [3.05, 3.63) is 87.5 Å². The van der Waals surface area contributed by atoms with Gasteiger partial charge in [-0.2, -0.15) is 0 Å². The van der Waals surface area contributed by atoms with Crippen LogP contribution in [0, 0.1) is 0 Å². The second kappa shape index (κ2) is 7.44. The Hall–Kier alpha value is -3.20. The molecule has 0 saturated heterocycles. The molecule has 162 valence electrons. The largest absolute Gasteiger partial charge is 0.477 e. The molecule has 5 rings (SSSR count). The molecule has 7 nitrogen and oxygen atoms in total. The number of benzene rings is 3. The van der Waals surface area contributed by atoms with Gasteiger partial charge in [-0.15, -0.1) is 0 Å². The van der Waals surface area contributed by atoms with E-state index in [1.54, 1.807) is 36.4 Å². The van der Waals surface area contributed by atoms with Crippen molar-refractivity contribution in [2.75, 3.05) is 11.1 Å². The van der Waals surface area contributed by atoms with E-state index in [9.17, 15) is 18.3 Å². The number of aliphatic carboxylic acids is 1. The van der Waals surface area contributed by atoms with Crippen LogP contribution in [0.3, 0.4) is 0 Å². The molecule has 10 heteroatoms. The van der Waals surface area contributed by atoms with Crippen LogP contribution in [0.25, 0.3) is 5.57 Å². The van der Waals surface area contributed by atoms with E-state index >= 15 is 0 Å². The van der Waals surface area contributed by atoms with Crippen LogP contribution in [0.4, 0.5) is 5.69 Å². The number of rotatable bonds is 3. The Balaban J connectivity index is 1.90. The summed E-state index contributed by atoms with van der Waals surface area (Å²) in [5, 5.41) is 10.2. The van der Waals surface area contributed by atoms with E-state index < -0.39 is 21.7 Å². The number of anilines is 1. The SMILES string of the molecule is O=C(O)C1=C(c2ccc3c(c2)OCO3)c2ccccc2S(=O)(=O)N1c1cccc(Cl)c1Cl. The first kappa shape index (κ1) is 20.7. The predicted octanol–water partition coefficient (Wildman–Crippen LogP) is 4.78. The summed E-state index contributed by atoms with van der Waals surface area (Å²) in [6.07, 6.45) is 0. The van der Waals surface area contributed by atoms with Gasteiger partial charge >= 0.3 is 5.97 Å². The van der Waals surface area contributed by atoms with Gasteiger partial charge in [0, 0.05) is 11.1 Å². The second-order valence-corrected chi connectivity index (χ2v) is 9.48. The highest BCUT2D eigenvalue weighted by Crippen LogP contribution is 2.47. The summed E-state index contributed by atoms with van der Waals surface area (Å²) in [7, 11) is -4.33. The molecule has 0 radical (unpaired) electrons. The summed E-state index contributed by atoms with van der Waals surface area (Å²) in [5.74, 6) is -0.512. The van der Waals surface area contributed by atoms with Crippen molar-refractivity contribution in [3.63, 3.8) is 0 Å². The van der Waals surface area contributed by atoms with Crippen LogP contribution < -0.4 is 13.8 Å². The molecule has 3 aromatic carbocycles. The van der Waals surface area contributed by atoms with Crippen molar-refractivity contribution < 1.29 is 27.8 Å². The Kier molecular flexibility index (Phi) is 4.81. The average molecular weight is 490 g/mol. The molecule has 0 aliphatic carbocycles. The number of nitrogens with zero attached hydrogens (tertiary/aromatic N) is 1. The lowest BCUT2D eigenvalue weighted by atomic mass is 9.94. The molecule has 0 unspecified atom stereocenters. The lowest BCUT2D eigenvalue weighted by Crippen LogP contribution is -2.38. The maximum atomic E-state index is 13.6. The number of fused-ring (bicyclic) bond motifs is 2. The first-order valence-electron chi connectivity index (χ1n) is 9.27. The van der Waals surface area contributed by atoms with Crippen LogP contribution in [0.5, 0.6) is 11.5 Å². The molecular formula is C22H13Cl2NO6S. The van der Waals surface area contributed by atoms with Gasteiger partial charge in [0.25, 0.3) is 10.0 Å². The molecule has 2 aliphatic heterocycles. The Morgan fingerprint density at radius 1 is 0.969 bits per heavy atom. The van der Waals surface area contributed by atoms with E-state index in [4.69, 9.17) is 32.7 Å². The number of carboxylic acid groups (broad SMARTS) is 1. The van der Waals surface area contributed by atoms with Crippen LogP contribution in [0.15, 0.2) is 71.3 Å². The van der Waals surface area contributed by atoms with Gasteiger partial charge in [-0.1, -0.05) is 53.5 Å². The Morgan fingerprint density at radius 2 is 1.72 bits per heavy atom. The number of carboxylic acids is 1. The van der Waals surface area contributed by atoms with Crippen LogP contribution in [-0.2, 0) is 14.8 Å². The molecule has 0 bridgehead atoms. The summed E-state index contributed by atoms with van der Waals surface area (Å²) in [5.41, 5.74) is 0.337. The highest BCUT2D eigenvalue weighted by atomic mass is 35.5. The van der Waals surface area contributed by atoms with E-state index in [-0.39, 0.29) is 38.6 Å². The van der Waals surface area contributed by atoms with Crippen molar-refractivity contribution in [1.82, 2.24) is 0 Å². The van der Waals surface area contributed by atoms with E-state index in [0.717, 1.165) is 4.31 Å². The second-order valence-electron chi connectivity index (χ2n) is 6.94. The molecule has 1 N–H and O–H groups in total. The lowest BCUT2D eigenvalue weighted by molar-refractivity contribution is -0.132. The normalized spacial score (nSPS) is 16.1. The van der Waals surface area contributed by atoms with Gasteiger partial charge in [-0.05, 0) is 35.9 Å². The van der Waals surface area contributed by atoms with Crippen molar-refractivity contribution in [1.29, 1.82) is 0 Å². The summed E-state index contributed by atoms with van der Waals surface area (Å²) in [6, 6.07) is 15.5. The van der Waals surface area contributed by atoms with Crippen LogP contribution in [-0.4, -0.2) is 26.3 Å². The van der Waals surface area contributed by atoms with Crippen molar-refractivity contribution in [3.8, 4) is 11.5 Å². The minimum atomic E-state index is -4.33. The standard InChI is InChI=1S/C22H13Cl2NO6S/c23-14-5-3-6-15(20(14)24)25-21(22(26)27)19(12-8-9-16-17(10-12)31-11-30-16)13-4-1-2-7-18(13)32(25,28)29/h1-10H,11H2,(H,26,27). The summed E-state index contributed by atoms with van der Waals surface area (Å²) >= 11 is 12.5. The smallest absolute Gasteiger partial charge is 0.354 e. The van der Waals surface area contributed by atoms with Crippen LogP contribution >= 0.6 is 23.2 Å². The number of sulfonamides is 1. The first-order valence-corrected chi connectivity index (χ1v) is 11.5. The lowest BCUT2D eigenvalue weighted by Gasteiger charge is -2.33. The predicted molar refractivity (Wildman–Crippen MR) is 119 cm³/mol. The van der Waals surface area contributed by atoms with Gasteiger partial charge in [0.2, 0.25) is 6.79 Å². The number of halogens is 2. The number of ether oxygens (including phenoxy) is 2. The molecule has 0 fully saturated rings. The molecule has 3 aromatic rings. The quantitative estimate of drug-likeness (QED) is 0.569. The molecular weight excluding hydrogens is 477 g/mol. The minimum Gasteiger partial charge on any atom is -0.477 e. The zero-order chi connectivity index (χ0) is 22.6. The van der Waals surface area contributed by atoms with E-state index in [1.807, 2.05) is 0 Å². The van der Waals surface area contributed by atoms with Gasteiger partial charge in [0.1, 0.15) is 0 Å².